The molecule has 1 saturated heterocycles. The maximum Gasteiger partial charge on any atom is 0.322 e. The van der Waals surface area contributed by atoms with Gasteiger partial charge in [-0.1, -0.05) is 54.1 Å². The van der Waals surface area contributed by atoms with Crippen LogP contribution in [-0.2, 0) is 0 Å². The van der Waals surface area contributed by atoms with Gasteiger partial charge in [0.15, 0.2) is 5.82 Å². The van der Waals surface area contributed by atoms with E-state index in [1.807, 2.05) is 30.3 Å². The number of nitrogens with one attached hydrogen (secondary N) is 1. The van der Waals surface area contributed by atoms with Crippen molar-refractivity contribution in [3.05, 3.63) is 83.6 Å². The number of aromatic nitrogens is 2. The predicted octanol–water partition coefficient (Wildman–Crippen LogP) is 5.44. The molecule has 1 fully saturated rings. The van der Waals surface area contributed by atoms with Crippen molar-refractivity contribution >= 4 is 39.9 Å². The fraction of sp³-hybridized carbons (Fsp3) is 0.160. The number of hydrogen-bond acceptors (Lipinski definition) is 4. The first kappa shape index (κ1) is 21.2. The maximum absolute atomic E-state index is 14.0. The number of rotatable bonds is 3. The van der Waals surface area contributed by atoms with Crippen molar-refractivity contribution in [2.75, 3.05) is 36.4 Å². The minimum atomic E-state index is -0.559. The third-order valence-electron chi connectivity index (χ3n) is 5.78. The highest BCUT2D eigenvalue weighted by Crippen LogP contribution is 2.26. The number of fused-ring (bicyclic) bond motifs is 1. The summed E-state index contributed by atoms with van der Waals surface area (Å²) in [6, 6.07) is 22.3. The zero-order chi connectivity index (χ0) is 22.8. The number of carbonyl (C=O) groups is 1. The summed E-state index contributed by atoms with van der Waals surface area (Å²) in [7, 11) is 0. The van der Waals surface area contributed by atoms with E-state index in [2.05, 4.69) is 44.7 Å². The van der Waals surface area contributed by atoms with Crippen LogP contribution in [0, 0.1) is 5.82 Å². The summed E-state index contributed by atoms with van der Waals surface area (Å²) in [5, 5.41) is 13.9. The average molecular weight is 462 g/mol. The highest BCUT2D eigenvalue weighted by molar-refractivity contribution is 6.33. The molecule has 3 aromatic carbocycles. The van der Waals surface area contributed by atoms with Crippen LogP contribution in [0.1, 0.15) is 0 Å². The summed E-state index contributed by atoms with van der Waals surface area (Å²) < 4.78 is 14.0. The number of amides is 2. The normalized spacial score (nSPS) is 13.9. The van der Waals surface area contributed by atoms with Crippen molar-refractivity contribution in [2.45, 2.75) is 0 Å². The van der Waals surface area contributed by atoms with E-state index in [4.69, 9.17) is 11.6 Å². The summed E-state index contributed by atoms with van der Waals surface area (Å²) in [5.41, 5.74) is 1.83. The highest BCUT2D eigenvalue weighted by Gasteiger charge is 2.23. The van der Waals surface area contributed by atoms with E-state index < -0.39 is 5.82 Å². The van der Waals surface area contributed by atoms with Gasteiger partial charge in [0, 0.05) is 31.7 Å². The Morgan fingerprint density at radius 1 is 0.879 bits per heavy atom. The molecular weight excluding hydrogens is 441 g/mol. The number of hydrogen-bond donors (Lipinski definition) is 1. The maximum atomic E-state index is 14.0. The number of anilines is 2. The molecule has 2 amide bonds. The molecular formula is C25H21ClFN5O. The molecule has 0 bridgehead atoms. The van der Waals surface area contributed by atoms with Gasteiger partial charge in [0.2, 0.25) is 0 Å². The van der Waals surface area contributed by atoms with E-state index in [1.165, 1.54) is 17.5 Å². The Kier molecular flexibility index (Phi) is 5.79. The van der Waals surface area contributed by atoms with Crippen LogP contribution in [0.5, 0.6) is 0 Å². The Morgan fingerprint density at radius 2 is 1.67 bits per heavy atom. The Labute approximate surface area is 195 Å². The molecule has 8 heteroatoms. The van der Waals surface area contributed by atoms with E-state index in [0.717, 1.165) is 22.5 Å². The Morgan fingerprint density at radius 3 is 2.39 bits per heavy atom. The number of urea groups is 1. The fourth-order valence-electron chi connectivity index (χ4n) is 3.94. The van der Waals surface area contributed by atoms with Gasteiger partial charge in [0.25, 0.3) is 0 Å². The lowest BCUT2D eigenvalue weighted by Crippen LogP contribution is -2.50. The Balaban J connectivity index is 1.22. The fourth-order valence-corrected chi connectivity index (χ4v) is 4.15. The molecule has 6 nitrogen and oxygen atoms in total. The standard InChI is InChI=1S/C25H21ClFN5O/c26-20-6-3-7-21(27)24(20)28-25(33)32-14-12-31(13-15-32)23-11-10-22(29-30-23)19-9-8-17-4-1-2-5-18(17)16-19/h1-11,16H,12-15H2,(H,28,33). The summed E-state index contributed by atoms with van der Waals surface area (Å²) in [4.78, 5) is 16.3. The van der Waals surface area contributed by atoms with Gasteiger partial charge in [0.1, 0.15) is 5.82 Å². The molecule has 1 N–H and O–H groups in total. The first-order valence-corrected chi connectivity index (χ1v) is 11.0. The van der Waals surface area contributed by atoms with Crippen LogP contribution in [0.3, 0.4) is 0 Å². The van der Waals surface area contributed by atoms with Crippen molar-refractivity contribution in [1.82, 2.24) is 15.1 Å². The average Bonchev–Trinajstić information content (AvgIpc) is 2.86. The van der Waals surface area contributed by atoms with Gasteiger partial charge in [0.05, 0.1) is 16.4 Å². The van der Waals surface area contributed by atoms with Crippen LogP contribution in [0.25, 0.3) is 22.0 Å². The molecule has 5 rings (SSSR count). The van der Waals surface area contributed by atoms with E-state index >= 15 is 0 Å². The zero-order valence-corrected chi connectivity index (χ0v) is 18.5. The lowest BCUT2D eigenvalue weighted by atomic mass is 10.1. The summed E-state index contributed by atoms with van der Waals surface area (Å²) >= 11 is 6.00. The Hall–Kier alpha value is -3.71. The van der Waals surface area contributed by atoms with Crippen molar-refractivity contribution in [3.63, 3.8) is 0 Å². The third-order valence-corrected chi connectivity index (χ3v) is 6.10. The van der Waals surface area contributed by atoms with Crippen molar-refractivity contribution in [1.29, 1.82) is 0 Å². The molecule has 33 heavy (non-hydrogen) atoms. The molecule has 4 aromatic rings. The zero-order valence-electron chi connectivity index (χ0n) is 17.7. The van der Waals surface area contributed by atoms with Gasteiger partial charge in [-0.2, -0.15) is 0 Å². The summed E-state index contributed by atoms with van der Waals surface area (Å²) in [6.07, 6.45) is 0. The first-order valence-electron chi connectivity index (χ1n) is 10.7. The van der Waals surface area contributed by atoms with E-state index in [0.29, 0.717) is 26.2 Å². The summed E-state index contributed by atoms with van der Waals surface area (Å²) in [5.74, 6) is 0.202. The number of piperazine rings is 1. The molecule has 1 aliphatic heterocycles. The van der Waals surface area contributed by atoms with E-state index in [-0.39, 0.29) is 16.7 Å². The summed E-state index contributed by atoms with van der Waals surface area (Å²) in [6.45, 7) is 2.16. The predicted molar refractivity (Wildman–Crippen MR) is 129 cm³/mol. The molecule has 0 unspecified atom stereocenters. The van der Waals surface area contributed by atoms with Crippen molar-refractivity contribution in [3.8, 4) is 11.3 Å². The third kappa shape index (κ3) is 4.45. The van der Waals surface area contributed by atoms with Crippen LogP contribution in [0.4, 0.5) is 20.7 Å². The minimum Gasteiger partial charge on any atom is -0.352 e. The second-order valence-electron chi connectivity index (χ2n) is 7.84. The molecule has 0 spiro atoms. The monoisotopic (exact) mass is 461 g/mol. The van der Waals surface area contributed by atoms with Crippen LogP contribution in [0.2, 0.25) is 5.02 Å². The van der Waals surface area contributed by atoms with Crippen LogP contribution in [-0.4, -0.2) is 47.3 Å². The second-order valence-corrected chi connectivity index (χ2v) is 8.25. The van der Waals surface area contributed by atoms with Gasteiger partial charge in [-0.05, 0) is 41.1 Å². The van der Waals surface area contributed by atoms with Crippen LogP contribution < -0.4 is 10.2 Å². The van der Waals surface area contributed by atoms with E-state index in [1.54, 1.807) is 11.0 Å². The smallest absolute Gasteiger partial charge is 0.322 e. The SMILES string of the molecule is O=C(Nc1c(F)cccc1Cl)N1CCN(c2ccc(-c3ccc4ccccc4c3)nn2)CC1. The molecule has 0 aliphatic carbocycles. The molecule has 1 aromatic heterocycles. The van der Waals surface area contributed by atoms with Crippen LogP contribution >= 0.6 is 11.6 Å². The first-order chi connectivity index (χ1) is 16.1. The van der Waals surface area contributed by atoms with Crippen molar-refractivity contribution < 1.29 is 9.18 Å². The molecule has 0 radical (unpaired) electrons. The van der Waals surface area contributed by atoms with Gasteiger partial charge < -0.3 is 15.1 Å². The Bertz CT molecular complexity index is 1290. The van der Waals surface area contributed by atoms with Gasteiger partial charge in [-0.25, -0.2) is 9.18 Å². The van der Waals surface area contributed by atoms with Crippen LogP contribution in [0.15, 0.2) is 72.8 Å². The van der Waals surface area contributed by atoms with Gasteiger partial charge in [-0.15, -0.1) is 10.2 Å². The molecule has 2 heterocycles. The van der Waals surface area contributed by atoms with Crippen molar-refractivity contribution in [2.24, 2.45) is 0 Å². The van der Waals surface area contributed by atoms with Gasteiger partial charge >= 0.3 is 6.03 Å². The molecule has 1 aliphatic rings. The second kappa shape index (κ2) is 9.03. The van der Waals surface area contributed by atoms with E-state index in [9.17, 15) is 9.18 Å². The van der Waals surface area contributed by atoms with Gasteiger partial charge in [-0.3, -0.25) is 0 Å². The number of carbonyl (C=O) groups excluding carboxylic acids is 1. The molecule has 166 valence electrons. The topological polar surface area (TPSA) is 61.4 Å². The largest absolute Gasteiger partial charge is 0.352 e. The highest BCUT2D eigenvalue weighted by atomic mass is 35.5. The lowest BCUT2D eigenvalue weighted by Gasteiger charge is -2.35. The molecule has 0 atom stereocenters. The number of halogens is 2. The lowest BCUT2D eigenvalue weighted by molar-refractivity contribution is 0.208. The quantitative estimate of drug-likeness (QED) is 0.441. The number of benzene rings is 3. The number of para-hydroxylation sites is 1. The molecule has 0 saturated carbocycles. The number of nitrogens with zero attached hydrogens (tertiary/aromatic N) is 4. The minimum absolute atomic E-state index is 0.00161.